The number of hydrogen-bond donors (Lipinski definition) is 1. The predicted octanol–water partition coefficient (Wildman–Crippen LogP) is 3.03. The van der Waals surface area contributed by atoms with Crippen LogP contribution in [-0.2, 0) is 7.05 Å². The van der Waals surface area contributed by atoms with Crippen molar-refractivity contribution in [2.75, 3.05) is 11.9 Å². The third-order valence-corrected chi connectivity index (χ3v) is 3.24. The first-order chi connectivity index (χ1) is 9.52. The van der Waals surface area contributed by atoms with Crippen molar-refractivity contribution in [1.82, 2.24) is 9.78 Å². The van der Waals surface area contributed by atoms with Crippen molar-refractivity contribution in [2.45, 2.75) is 13.8 Å². The lowest BCUT2D eigenvalue weighted by Crippen LogP contribution is -2.16. The Balaban J connectivity index is 2.15. The predicted molar refractivity (Wildman–Crippen MR) is 78.5 cm³/mol. The molecule has 0 aliphatic carbocycles. The number of hydrogen-bond acceptors (Lipinski definition) is 3. The zero-order valence-electron chi connectivity index (χ0n) is 11.6. The number of ether oxygens (including phenoxy) is 1. The molecule has 0 atom stereocenters. The first-order valence-electron chi connectivity index (χ1n) is 6.26. The van der Waals surface area contributed by atoms with Gasteiger partial charge in [-0.2, -0.15) is 5.10 Å². The molecule has 106 valence electrons. The summed E-state index contributed by atoms with van der Waals surface area (Å²) < 4.78 is 6.82. The van der Waals surface area contributed by atoms with Crippen molar-refractivity contribution in [3.8, 4) is 5.75 Å². The number of aromatic nitrogens is 2. The van der Waals surface area contributed by atoms with Gasteiger partial charge in [0.25, 0.3) is 5.91 Å². The van der Waals surface area contributed by atoms with Gasteiger partial charge in [-0.25, -0.2) is 0 Å². The molecule has 0 spiro atoms. The molecule has 6 heteroatoms. The summed E-state index contributed by atoms with van der Waals surface area (Å²) in [4.78, 5) is 12.2. The zero-order chi connectivity index (χ0) is 14.7. The average molecular weight is 294 g/mol. The second-order valence-corrected chi connectivity index (χ2v) is 4.66. The highest BCUT2D eigenvalue weighted by Gasteiger charge is 2.18. The van der Waals surface area contributed by atoms with Crippen LogP contribution < -0.4 is 10.1 Å². The minimum Gasteiger partial charge on any atom is -0.494 e. The Hall–Kier alpha value is -2.01. The van der Waals surface area contributed by atoms with E-state index in [9.17, 15) is 4.79 Å². The van der Waals surface area contributed by atoms with Crippen molar-refractivity contribution in [2.24, 2.45) is 7.05 Å². The molecule has 20 heavy (non-hydrogen) atoms. The SMILES string of the molecule is CCOc1ccc(NC(=O)c2c(Cl)c(C)nn2C)cc1. The first kappa shape index (κ1) is 14.4. The van der Waals surface area contributed by atoms with Gasteiger partial charge in [0.1, 0.15) is 11.4 Å². The summed E-state index contributed by atoms with van der Waals surface area (Å²) in [5.74, 6) is 0.474. The van der Waals surface area contributed by atoms with Gasteiger partial charge in [0.15, 0.2) is 0 Å². The number of carbonyl (C=O) groups is 1. The third-order valence-electron chi connectivity index (χ3n) is 2.79. The van der Waals surface area contributed by atoms with Crippen LogP contribution in [0.15, 0.2) is 24.3 Å². The maximum absolute atomic E-state index is 12.2. The van der Waals surface area contributed by atoms with Gasteiger partial charge < -0.3 is 10.1 Å². The molecule has 0 radical (unpaired) electrons. The highest BCUT2D eigenvalue weighted by atomic mass is 35.5. The van der Waals surface area contributed by atoms with E-state index < -0.39 is 0 Å². The van der Waals surface area contributed by atoms with Gasteiger partial charge >= 0.3 is 0 Å². The summed E-state index contributed by atoms with van der Waals surface area (Å²) >= 11 is 6.08. The van der Waals surface area contributed by atoms with Crippen LogP contribution in [0.5, 0.6) is 5.75 Å². The Morgan fingerprint density at radius 2 is 2.05 bits per heavy atom. The van der Waals surface area contributed by atoms with Crippen molar-refractivity contribution in [1.29, 1.82) is 0 Å². The number of carbonyl (C=O) groups excluding carboxylic acids is 1. The minimum absolute atomic E-state index is 0.290. The fraction of sp³-hybridized carbons (Fsp3) is 0.286. The molecule has 0 unspecified atom stereocenters. The molecule has 1 aromatic carbocycles. The molecular formula is C14H16ClN3O2. The normalized spacial score (nSPS) is 10.4. The standard InChI is InChI=1S/C14H16ClN3O2/c1-4-20-11-7-5-10(6-8-11)16-14(19)13-12(15)9(2)17-18(13)3/h5-8H,4H2,1-3H3,(H,16,19). The highest BCUT2D eigenvalue weighted by Crippen LogP contribution is 2.21. The smallest absolute Gasteiger partial charge is 0.275 e. The minimum atomic E-state index is -0.290. The van der Waals surface area contributed by atoms with Crippen LogP contribution in [0.1, 0.15) is 23.1 Å². The van der Waals surface area contributed by atoms with E-state index in [-0.39, 0.29) is 5.91 Å². The quantitative estimate of drug-likeness (QED) is 0.942. The van der Waals surface area contributed by atoms with Gasteiger partial charge in [-0.3, -0.25) is 9.48 Å². The van der Waals surface area contributed by atoms with Crippen molar-refractivity contribution in [3.05, 3.63) is 40.7 Å². The van der Waals surface area contributed by atoms with Gasteiger partial charge in [-0.15, -0.1) is 0 Å². The highest BCUT2D eigenvalue weighted by molar-refractivity contribution is 6.34. The van der Waals surface area contributed by atoms with Crippen LogP contribution in [0, 0.1) is 6.92 Å². The molecule has 2 aromatic rings. The van der Waals surface area contributed by atoms with Gasteiger partial charge in [-0.05, 0) is 38.1 Å². The summed E-state index contributed by atoms with van der Waals surface area (Å²) in [6.07, 6.45) is 0. The van der Waals surface area contributed by atoms with Crippen LogP contribution in [0.4, 0.5) is 5.69 Å². The maximum atomic E-state index is 12.2. The van der Waals surface area contributed by atoms with Crippen molar-refractivity contribution in [3.63, 3.8) is 0 Å². The summed E-state index contributed by atoms with van der Waals surface area (Å²) in [6.45, 7) is 4.29. The summed E-state index contributed by atoms with van der Waals surface area (Å²) in [6, 6.07) is 7.16. The van der Waals surface area contributed by atoms with Crippen LogP contribution in [0.2, 0.25) is 5.02 Å². The Bertz CT molecular complexity index is 620. The molecule has 1 heterocycles. The number of rotatable bonds is 4. The largest absolute Gasteiger partial charge is 0.494 e. The lowest BCUT2D eigenvalue weighted by atomic mass is 10.3. The molecule has 0 fully saturated rings. The fourth-order valence-electron chi connectivity index (χ4n) is 1.87. The van der Waals surface area contributed by atoms with E-state index in [2.05, 4.69) is 10.4 Å². The Kier molecular flexibility index (Phi) is 4.29. The number of halogens is 1. The molecule has 1 N–H and O–H groups in total. The van der Waals surface area contributed by atoms with Gasteiger partial charge in [-0.1, -0.05) is 11.6 Å². The molecule has 0 saturated carbocycles. The molecular weight excluding hydrogens is 278 g/mol. The Morgan fingerprint density at radius 1 is 1.40 bits per heavy atom. The monoisotopic (exact) mass is 293 g/mol. The Morgan fingerprint density at radius 3 is 2.55 bits per heavy atom. The molecule has 0 aliphatic heterocycles. The number of anilines is 1. The van der Waals surface area contributed by atoms with Gasteiger partial charge in [0, 0.05) is 12.7 Å². The number of amides is 1. The van der Waals surface area contributed by atoms with E-state index in [1.54, 1.807) is 38.2 Å². The molecule has 0 aliphatic rings. The van der Waals surface area contributed by atoms with Crippen LogP contribution in [0.25, 0.3) is 0 Å². The van der Waals surface area contributed by atoms with Crippen LogP contribution in [-0.4, -0.2) is 22.3 Å². The van der Waals surface area contributed by atoms with Gasteiger partial charge in [0.05, 0.1) is 17.3 Å². The first-order valence-corrected chi connectivity index (χ1v) is 6.64. The third kappa shape index (κ3) is 2.93. The number of aryl methyl sites for hydroxylation is 2. The second kappa shape index (κ2) is 5.96. The molecule has 0 bridgehead atoms. The van der Waals surface area contributed by atoms with E-state index in [0.29, 0.717) is 28.7 Å². The second-order valence-electron chi connectivity index (χ2n) is 4.28. The molecule has 5 nitrogen and oxygen atoms in total. The van der Waals surface area contributed by atoms with Crippen LogP contribution in [0.3, 0.4) is 0 Å². The van der Waals surface area contributed by atoms with E-state index in [1.807, 2.05) is 6.92 Å². The number of nitrogens with zero attached hydrogens (tertiary/aromatic N) is 2. The zero-order valence-corrected chi connectivity index (χ0v) is 12.4. The van der Waals surface area contributed by atoms with E-state index in [0.717, 1.165) is 5.75 Å². The molecule has 1 amide bonds. The lowest BCUT2D eigenvalue weighted by molar-refractivity contribution is 0.101. The summed E-state index contributed by atoms with van der Waals surface area (Å²) in [7, 11) is 1.69. The number of benzene rings is 1. The maximum Gasteiger partial charge on any atom is 0.275 e. The summed E-state index contributed by atoms with van der Waals surface area (Å²) in [5.41, 5.74) is 1.65. The average Bonchev–Trinajstić information content (AvgIpc) is 2.66. The topological polar surface area (TPSA) is 56.1 Å². The molecule has 2 rings (SSSR count). The molecule has 0 saturated heterocycles. The summed E-state index contributed by atoms with van der Waals surface area (Å²) in [5, 5.41) is 7.27. The van der Waals surface area contributed by atoms with E-state index in [1.165, 1.54) is 4.68 Å². The Labute approximate surface area is 122 Å². The van der Waals surface area contributed by atoms with Crippen molar-refractivity contribution >= 4 is 23.2 Å². The molecule has 1 aromatic heterocycles. The van der Waals surface area contributed by atoms with Gasteiger partial charge in [0.2, 0.25) is 0 Å². The lowest BCUT2D eigenvalue weighted by Gasteiger charge is -2.07. The van der Waals surface area contributed by atoms with E-state index >= 15 is 0 Å². The van der Waals surface area contributed by atoms with E-state index in [4.69, 9.17) is 16.3 Å². The fourth-order valence-corrected chi connectivity index (χ4v) is 2.12. The van der Waals surface area contributed by atoms with Crippen LogP contribution >= 0.6 is 11.6 Å². The number of nitrogens with one attached hydrogen (secondary N) is 1. The van der Waals surface area contributed by atoms with Crippen molar-refractivity contribution < 1.29 is 9.53 Å².